The van der Waals surface area contributed by atoms with E-state index in [2.05, 4.69) is 6.92 Å². The molecule has 0 saturated carbocycles. The molecule has 0 amide bonds. The maximum atomic E-state index is 15.0. The Bertz CT molecular complexity index is 1520. The summed E-state index contributed by atoms with van der Waals surface area (Å²) in [5.41, 5.74) is 1.94. The summed E-state index contributed by atoms with van der Waals surface area (Å²) in [7, 11) is 0. The molecule has 0 radical (unpaired) electrons. The molecule has 0 aliphatic heterocycles. The third kappa shape index (κ3) is 6.81. The van der Waals surface area contributed by atoms with E-state index in [4.69, 9.17) is 4.74 Å². The number of carbonyl (C=O) groups excluding carboxylic acids is 1. The van der Waals surface area contributed by atoms with Crippen LogP contribution in [0.4, 0.5) is 26.3 Å². The van der Waals surface area contributed by atoms with Crippen LogP contribution in [0.25, 0.3) is 22.3 Å². The molecule has 4 aromatic carbocycles. The number of aryl methyl sites for hydroxylation is 1. The van der Waals surface area contributed by atoms with Crippen molar-refractivity contribution in [3.8, 4) is 28.0 Å². The lowest BCUT2D eigenvalue weighted by Crippen LogP contribution is -2.11. The predicted molar refractivity (Wildman–Crippen MR) is 141 cm³/mol. The fourth-order valence-corrected chi connectivity index (χ4v) is 4.21. The topological polar surface area (TPSA) is 26.3 Å². The van der Waals surface area contributed by atoms with Crippen LogP contribution in [0.3, 0.4) is 0 Å². The summed E-state index contributed by atoms with van der Waals surface area (Å²) < 4.78 is 87.7. The normalized spacial score (nSPS) is 11.4. The van der Waals surface area contributed by atoms with E-state index in [0.717, 1.165) is 36.6 Å². The Morgan fingerprint density at radius 1 is 0.775 bits per heavy atom. The van der Waals surface area contributed by atoms with Crippen molar-refractivity contribution in [1.29, 1.82) is 0 Å². The molecule has 4 rings (SSSR count). The Morgan fingerprint density at radius 3 is 2.00 bits per heavy atom. The summed E-state index contributed by atoms with van der Waals surface area (Å²) in [6.45, 7) is 2.09. The molecular formula is C32H24F6O2. The van der Waals surface area contributed by atoms with Gasteiger partial charge < -0.3 is 4.74 Å². The number of carbonyl (C=O) groups is 1. The molecule has 0 N–H and O–H groups in total. The molecule has 0 bridgehead atoms. The van der Waals surface area contributed by atoms with Gasteiger partial charge in [-0.1, -0.05) is 61.9 Å². The minimum atomic E-state index is -2.77. The number of allylic oxidation sites excluding steroid dienone is 2. The van der Waals surface area contributed by atoms with Crippen LogP contribution in [-0.4, -0.2) is 12.4 Å². The Balaban J connectivity index is 1.50. The van der Waals surface area contributed by atoms with Crippen molar-refractivity contribution in [3.63, 3.8) is 0 Å². The van der Waals surface area contributed by atoms with Crippen LogP contribution in [0.1, 0.15) is 34.8 Å². The van der Waals surface area contributed by atoms with Crippen molar-refractivity contribution >= 4 is 5.97 Å². The first-order valence-corrected chi connectivity index (χ1v) is 12.5. The van der Waals surface area contributed by atoms with Crippen LogP contribution >= 0.6 is 0 Å². The summed E-state index contributed by atoms with van der Waals surface area (Å²) in [4.78, 5) is 12.5. The van der Waals surface area contributed by atoms with Crippen molar-refractivity contribution in [2.24, 2.45) is 0 Å². The highest BCUT2D eigenvalue weighted by Crippen LogP contribution is 2.30. The lowest BCUT2D eigenvalue weighted by molar-refractivity contribution is 0.0729. The maximum Gasteiger partial charge on any atom is 0.346 e. The van der Waals surface area contributed by atoms with E-state index in [1.807, 2.05) is 24.3 Å². The van der Waals surface area contributed by atoms with Gasteiger partial charge in [0.15, 0.2) is 0 Å². The number of benzene rings is 4. The molecule has 0 spiro atoms. The second-order valence-electron chi connectivity index (χ2n) is 9.06. The van der Waals surface area contributed by atoms with E-state index < -0.39 is 59.0 Å². The zero-order chi connectivity index (χ0) is 28.8. The molecule has 4 aromatic rings. The van der Waals surface area contributed by atoms with Crippen molar-refractivity contribution in [2.45, 2.75) is 32.6 Å². The lowest BCUT2D eigenvalue weighted by Gasteiger charge is -2.10. The fourth-order valence-electron chi connectivity index (χ4n) is 4.21. The standard InChI is InChI=1S/C32H24F6O2/c1-2-4-19-7-9-20(10-8-19)21-11-13-24(27(33)15-21)22-12-14-26(28(34)16-22)32(39)40-23-17-29(35)25(30(36)18-23)5-3-6-31(37)38/h3,6-18,31H,2,4-5H2,1H3. The first-order chi connectivity index (χ1) is 19.2. The molecule has 0 atom stereocenters. The lowest BCUT2D eigenvalue weighted by atomic mass is 9.97. The summed E-state index contributed by atoms with van der Waals surface area (Å²) in [6, 6.07) is 17.2. The average Bonchev–Trinajstić information content (AvgIpc) is 2.90. The number of hydrogen-bond acceptors (Lipinski definition) is 2. The van der Waals surface area contributed by atoms with Crippen molar-refractivity contribution in [2.75, 3.05) is 0 Å². The highest BCUT2D eigenvalue weighted by Gasteiger charge is 2.19. The second kappa shape index (κ2) is 12.7. The first kappa shape index (κ1) is 28.7. The van der Waals surface area contributed by atoms with Gasteiger partial charge >= 0.3 is 5.97 Å². The Morgan fingerprint density at radius 2 is 1.40 bits per heavy atom. The minimum absolute atomic E-state index is 0.116. The maximum absolute atomic E-state index is 15.0. The smallest absolute Gasteiger partial charge is 0.346 e. The summed E-state index contributed by atoms with van der Waals surface area (Å²) in [5.74, 6) is -5.60. The molecule has 0 unspecified atom stereocenters. The fraction of sp³-hybridized carbons (Fsp3) is 0.156. The van der Waals surface area contributed by atoms with Gasteiger partial charge in [-0.2, -0.15) is 0 Å². The van der Waals surface area contributed by atoms with Gasteiger partial charge in [-0.15, -0.1) is 0 Å². The first-order valence-electron chi connectivity index (χ1n) is 12.5. The molecular weight excluding hydrogens is 530 g/mol. The second-order valence-corrected chi connectivity index (χ2v) is 9.06. The number of ether oxygens (including phenoxy) is 1. The van der Waals surface area contributed by atoms with Gasteiger partial charge in [-0.3, -0.25) is 0 Å². The molecule has 0 heterocycles. The van der Waals surface area contributed by atoms with Crippen LogP contribution in [0.15, 0.2) is 84.9 Å². The number of halogens is 6. The third-order valence-electron chi connectivity index (χ3n) is 6.22. The quantitative estimate of drug-likeness (QED) is 0.0893. The van der Waals surface area contributed by atoms with Gasteiger partial charge in [0.1, 0.15) is 29.0 Å². The highest BCUT2D eigenvalue weighted by molar-refractivity contribution is 5.92. The summed E-state index contributed by atoms with van der Waals surface area (Å²) in [5, 5.41) is 0. The molecule has 0 aliphatic rings. The molecule has 2 nitrogen and oxygen atoms in total. The predicted octanol–water partition coefficient (Wildman–Crippen LogP) is 9.11. The van der Waals surface area contributed by atoms with E-state index >= 15 is 0 Å². The van der Waals surface area contributed by atoms with Gasteiger partial charge in [0.05, 0.1) is 5.56 Å². The molecule has 206 valence electrons. The van der Waals surface area contributed by atoms with Crippen molar-refractivity contribution < 1.29 is 35.9 Å². The van der Waals surface area contributed by atoms with Crippen LogP contribution in [0.5, 0.6) is 5.75 Å². The summed E-state index contributed by atoms with van der Waals surface area (Å²) in [6.07, 6.45) is 0.171. The van der Waals surface area contributed by atoms with Gasteiger partial charge in [0.25, 0.3) is 6.43 Å². The number of rotatable bonds is 9. The largest absolute Gasteiger partial charge is 0.423 e. The SMILES string of the molecule is CCCc1ccc(-c2ccc(-c3ccc(C(=O)Oc4cc(F)c(CC=CC(F)F)c(F)c4)c(F)c3)c(F)c2)cc1. The van der Waals surface area contributed by atoms with Gasteiger partial charge in [-0.05, 0) is 59.4 Å². The van der Waals surface area contributed by atoms with Gasteiger partial charge in [-0.25, -0.2) is 31.1 Å². The van der Waals surface area contributed by atoms with Gasteiger partial charge in [0, 0.05) is 23.3 Å². The zero-order valence-electron chi connectivity index (χ0n) is 21.4. The van der Waals surface area contributed by atoms with Crippen LogP contribution in [0, 0.1) is 23.3 Å². The zero-order valence-corrected chi connectivity index (χ0v) is 21.4. The van der Waals surface area contributed by atoms with Crippen LogP contribution in [0.2, 0.25) is 0 Å². The van der Waals surface area contributed by atoms with E-state index in [1.54, 1.807) is 6.07 Å². The third-order valence-corrected chi connectivity index (χ3v) is 6.22. The molecule has 8 heteroatoms. The monoisotopic (exact) mass is 554 g/mol. The van der Waals surface area contributed by atoms with Gasteiger partial charge in [0.2, 0.25) is 0 Å². The van der Waals surface area contributed by atoms with Crippen molar-refractivity contribution in [1.82, 2.24) is 0 Å². The number of esters is 1. The molecule has 0 fully saturated rings. The summed E-state index contributed by atoms with van der Waals surface area (Å²) >= 11 is 0. The van der Waals surface area contributed by atoms with Crippen LogP contribution < -0.4 is 4.74 Å². The number of hydrogen-bond donors (Lipinski definition) is 0. The molecule has 0 aliphatic carbocycles. The highest BCUT2D eigenvalue weighted by atomic mass is 19.3. The van der Waals surface area contributed by atoms with E-state index in [1.165, 1.54) is 23.8 Å². The molecule has 0 aromatic heterocycles. The minimum Gasteiger partial charge on any atom is -0.423 e. The Kier molecular flexibility index (Phi) is 9.09. The van der Waals surface area contributed by atoms with Crippen LogP contribution in [-0.2, 0) is 12.8 Å². The van der Waals surface area contributed by atoms with E-state index in [9.17, 15) is 31.1 Å². The Labute approximate surface area is 227 Å². The molecule has 40 heavy (non-hydrogen) atoms. The van der Waals surface area contributed by atoms with E-state index in [0.29, 0.717) is 23.8 Å². The van der Waals surface area contributed by atoms with E-state index in [-0.39, 0.29) is 11.1 Å². The number of alkyl halides is 2. The Hall–Kier alpha value is -4.33. The average molecular weight is 555 g/mol. The molecule has 0 saturated heterocycles. The van der Waals surface area contributed by atoms with Crippen molar-refractivity contribution in [3.05, 3.63) is 125 Å².